The minimum atomic E-state index is -3.29. The fourth-order valence-corrected chi connectivity index (χ4v) is 12.9. The van der Waals surface area contributed by atoms with Crippen molar-refractivity contribution in [2.45, 2.75) is 6.85 Å². The highest BCUT2D eigenvalue weighted by Crippen LogP contribution is 2.54. The molecule has 0 atom stereocenters. The zero-order valence-corrected chi connectivity index (χ0v) is 40.1. The minimum absolute atomic E-state index is 0.0766. The van der Waals surface area contributed by atoms with Crippen LogP contribution in [-0.2, 0) is 0 Å². The molecule has 6 heterocycles. The van der Waals surface area contributed by atoms with E-state index in [1.165, 1.54) is 4.57 Å². The molecule has 0 amide bonds. The van der Waals surface area contributed by atoms with E-state index in [4.69, 9.17) is 15.4 Å². The summed E-state index contributed by atoms with van der Waals surface area (Å²) in [7, 11) is 0. The summed E-state index contributed by atoms with van der Waals surface area (Å²) < 4.78 is 220. The van der Waals surface area contributed by atoms with Crippen LogP contribution in [0.15, 0.2) is 216 Å². The van der Waals surface area contributed by atoms with Gasteiger partial charge in [0.15, 0.2) is 5.58 Å². The first-order valence-electron chi connectivity index (χ1n) is 35.0. The zero-order valence-electron chi connectivity index (χ0n) is 61.2. The number of benzene rings is 11. The van der Waals surface area contributed by atoms with Crippen LogP contribution in [0.3, 0.4) is 0 Å². The van der Waals surface area contributed by atoms with Gasteiger partial charge in [0.1, 0.15) is 11.7 Å². The van der Waals surface area contributed by atoms with Gasteiger partial charge in [-0.2, -0.15) is 5.26 Å². The summed E-state index contributed by atoms with van der Waals surface area (Å²) in [5, 5.41) is 12.5. The van der Waals surface area contributed by atoms with Crippen molar-refractivity contribution in [2.24, 2.45) is 0 Å². The standard InChI is InChI=1S/C69H38N6OS/c1-39-31-36-58-51(37-39)48-33-35-50-46-23-9-16-30-60(46)77-69(50)65(48)75(58)67-63(72-53-24-10-3-17-40(53)41-18-4-11-25-54(41)72)52(38-70)62(61(71-2)66(67)73-55-26-12-5-19-42(55)43-20-6-13-27-56(43)73)74-57-28-14-7-21-44(57)47-32-34-49-45-22-8-15-29-59(45)76-68(49)64(47)74/h3-37H,1H3/i1D3,7D,8D,9D,14D,15D,16D,21D,22D,23D,28D,29D,30D,31D,32D,33D,34D,35D,36D,37D. The SMILES string of the molecule is [2H]c1c([2H])c([2H])c2c(oc3c2c([2H])c([2H])c2c4c([2H])c([2H])c([2H])c([2H])c4n(-c4c(C#N)c(-n5c6ccccc6c6ccccc65)c(-n5c6c([2H])c([2H])c(C([2H])([2H])[2H])c([2H])c6c6c([2H])c([2H])c7c(sc8c([2H])c([2H])c([2H])c([2H])c87)c65)c(-n5c6ccccc6c6ccccc65)c4[N+]#[C-])c32)c1[2H]. The second-order valence-electron chi connectivity index (χ2n) is 18.4. The second kappa shape index (κ2) is 15.3. The molecule has 6 aromatic heterocycles. The average Bonchev–Trinajstić information content (AvgIpc) is 1.53. The quantitative estimate of drug-likeness (QED) is 0.165. The largest absolute Gasteiger partial charge is 0.454 e. The number of hydrogen-bond acceptors (Lipinski definition) is 3. The van der Waals surface area contributed by atoms with Crippen molar-refractivity contribution >= 4 is 146 Å². The number of fused-ring (bicyclic) bond motifs is 20. The number of thiophene rings is 1. The first-order valence-corrected chi connectivity index (χ1v) is 24.8. The Bertz CT molecular complexity index is 6620. The number of furan rings is 1. The molecule has 0 saturated carbocycles. The summed E-state index contributed by atoms with van der Waals surface area (Å²) in [5.74, 6) is 0. The Labute approximate surface area is 473 Å². The molecule has 17 aromatic rings. The van der Waals surface area contributed by atoms with Crippen molar-refractivity contribution in [3.8, 4) is 28.8 Å². The summed E-state index contributed by atoms with van der Waals surface area (Å²) in [6.45, 7) is 6.72. The Morgan fingerprint density at radius 3 is 1.69 bits per heavy atom. The van der Waals surface area contributed by atoms with Gasteiger partial charge in [-0.1, -0.05) is 157 Å². The molecule has 11 aromatic carbocycles. The molecule has 0 fully saturated rings. The van der Waals surface area contributed by atoms with E-state index in [2.05, 4.69) is 10.9 Å². The van der Waals surface area contributed by atoms with Gasteiger partial charge in [0.05, 0.1) is 110 Å². The highest BCUT2D eigenvalue weighted by atomic mass is 32.1. The van der Waals surface area contributed by atoms with E-state index in [1.807, 2.05) is 24.3 Å². The van der Waals surface area contributed by atoms with Gasteiger partial charge in [-0.15, -0.1) is 11.3 Å². The molecule has 0 bridgehead atoms. The Kier molecular flexibility index (Phi) is 5.22. The number of para-hydroxylation sites is 6. The maximum atomic E-state index is 13.0. The lowest BCUT2D eigenvalue weighted by atomic mass is 10.0. The number of hydrogen-bond donors (Lipinski definition) is 0. The molecule has 77 heavy (non-hydrogen) atoms. The molecule has 8 heteroatoms. The van der Waals surface area contributed by atoms with Gasteiger partial charge in [0.2, 0.25) is 5.69 Å². The Balaban J connectivity index is 1.28. The maximum absolute atomic E-state index is 13.0. The highest BCUT2D eigenvalue weighted by Gasteiger charge is 2.35. The Hall–Kier alpha value is -10.4. The lowest BCUT2D eigenvalue weighted by Crippen LogP contribution is -2.14. The van der Waals surface area contributed by atoms with Crippen LogP contribution < -0.4 is 0 Å². The fraction of sp³-hybridized carbons (Fsp3) is 0.0145. The first-order chi connectivity index (χ1) is 47.2. The third-order valence-electron chi connectivity index (χ3n) is 14.7. The van der Waals surface area contributed by atoms with Crippen molar-refractivity contribution in [2.75, 3.05) is 0 Å². The van der Waals surface area contributed by atoms with E-state index < -0.39 is 188 Å². The van der Waals surface area contributed by atoms with Crippen LogP contribution in [0.2, 0.25) is 0 Å². The molecule has 0 aliphatic rings. The number of nitrogens with zero attached hydrogens (tertiary/aromatic N) is 6. The van der Waals surface area contributed by atoms with Gasteiger partial charge in [-0.3, -0.25) is 0 Å². The van der Waals surface area contributed by atoms with Gasteiger partial charge < -0.3 is 22.7 Å². The van der Waals surface area contributed by atoms with Crippen molar-refractivity contribution < 1.29 is 34.6 Å². The predicted molar refractivity (Wildman–Crippen MR) is 320 cm³/mol. The number of nitriles is 1. The molecule has 0 unspecified atom stereocenters. The smallest absolute Gasteiger partial charge is 0.237 e. The van der Waals surface area contributed by atoms with Gasteiger partial charge in [-0.25, -0.2) is 4.85 Å². The van der Waals surface area contributed by atoms with Crippen molar-refractivity contribution in [3.05, 3.63) is 234 Å². The van der Waals surface area contributed by atoms with E-state index in [0.29, 0.717) is 43.6 Å². The van der Waals surface area contributed by atoms with Crippen molar-refractivity contribution in [1.82, 2.24) is 18.3 Å². The summed E-state index contributed by atoms with van der Waals surface area (Å²) >= 11 is 0.758. The summed E-state index contributed by atoms with van der Waals surface area (Å²) in [5.41, 5.74) is -4.53. The van der Waals surface area contributed by atoms with Crippen molar-refractivity contribution in [3.63, 3.8) is 0 Å². The van der Waals surface area contributed by atoms with Gasteiger partial charge >= 0.3 is 0 Å². The fourth-order valence-electron chi connectivity index (χ4n) is 11.8. The lowest BCUT2D eigenvalue weighted by molar-refractivity contribution is 0.671. The Morgan fingerprint density at radius 2 is 1.03 bits per heavy atom. The summed E-state index contributed by atoms with van der Waals surface area (Å²) in [6.07, 6.45) is 0. The number of aromatic nitrogens is 4. The van der Waals surface area contributed by atoms with Crippen LogP contribution >= 0.6 is 11.3 Å². The maximum Gasteiger partial charge on any atom is 0.237 e. The van der Waals surface area contributed by atoms with Crippen LogP contribution in [0, 0.1) is 24.8 Å². The average molecular weight is 1020 g/mol. The summed E-state index contributed by atoms with van der Waals surface area (Å²) in [4.78, 5) is 4.45. The minimum Gasteiger partial charge on any atom is -0.454 e. The van der Waals surface area contributed by atoms with Gasteiger partial charge in [0, 0.05) is 73.4 Å². The van der Waals surface area contributed by atoms with E-state index in [0.717, 1.165) is 15.9 Å². The van der Waals surface area contributed by atoms with Crippen LogP contribution in [0.5, 0.6) is 0 Å². The third-order valence-corrected chi connectivity index (χ3v) is 15.8. The molecule has 0 N–H and O–H groups in total. The predicted octanol–water partition coefficient (Wildman–Crippen LogP) is 19.1. The Morgan fingerprint density at radius 1 is 0.481 bits per heavy atom. The van der Waals surface area contributed by atoms with Gasteiger partial charge in [0.25, 0.3) is 0 Å². The molecule has 0 spiro atoms. The van der Waals surface area contributed by atoms with Crippen molar-refractivity contribution in [1.29, 1.82) is 5.26 Å². The summed E-state index contributed by atoms with van der Waals surface area (Å²) in [6, 6.07) is 16.6. The molecular weight excluding hydrogens is 961 g/mol. The molecule has 0 radical (unpaired) electrons. The van der Waals surface area contributed by atoms with Gasteiger partial charge in [-0.05, 0) is 67.4 Å². The topological polar surface area (TPSA) is 61.0 Å². The van der Waals surface area contributed by atoms with Crippen LogP contribution in [-0.4, -0.2) is 18.3 Å². The zero-order chi connectivity index (χ0) is 69.8. The van der Waals surface area contributed by atoms with E-state index in [1.54, 1.807) is 81.9 Å². The molecule has 0 aliphatic heterocycles. The van der Waals surface area contributed by atoms with Crippen LogP contribution in [0.25, 0.3) is 157 Å². The first kappa shape index (κ1) is 26.2. The molecule has 356 valence electrons. The highest BCUT2D eigenvalue weighted by molar-refractivity contribution is 7.26. The van der Waals surface area contributed by atoms with E-state index >= 15 is 0 Å². The molecule has 0 saturated heterocycles. The van der Waals surface area contributed by atoms with E-state index in [9.17, 15) is 31.0 Å². The van der Waals surface area contributed by atoms with Crippen LogP contribution in [0.1, 0.15) is 41.3 Å². The molecule has 0 aliphatic carbocycles. The molecule has 17 rings (SSSR count). The van der Waals surface area contributed by atoms with E-state index in [-0.39, 0.29) is 58.9 Å². The number of rotatable bonds is 4. The monoisotopic (exact) mass is 1020 g/mol. The van der Waals surface area contributed by atoms with Crippen LogP contribution in [0.4, 0.5) is 5.69 Å². The molecular formula is C69H38N6OS. The lowest BCUT2D eigenvalue weighted by Gasteiger charge is -2.27. The molecule has 7 nitrogen and oxygen atoms in total. The second-order valence-corrected chi connectivity index (χ2v) is 19.4. The third kappa shape index (κ3) is 5.41. The normalized spacial score (nSPS) is 16.4.